The fourth-order valence-electron chi connectivity index (χ4n) is 3.31. The first kappa shape index (κ1) is 30.1. The van der Waals surface area contributed by atoms with Gasteiger partial charge in [0, 0.05) is 23.0 Å². The van der Waals surface area contributed by atoms with Gasteiger partial charge >= 0.3 is 11.9 Å². The molecule has 2 unspecified atom stereocenters. The lowest BCUT2D eigenvalue weighted by atomic mass is 10.3. The summed E-state index contributed by atoms with van der Waals surface area (Å²) >= 11 is 6.23. The summed E-state index contributed by atoms with van der Waals surface area (Å²) < 4.78 is 26.9. The van der Waals surface area contributed by atoms with Crippen LogP contribution in [0, 0.1) is 0 Å². The molecular formula is C26H30O9S4. The van der Waals surface area contributed by atoms with E-state index in [-0.39, 0.29) is 47.5 Å². The van der Waals surface area contributed by atoms with Crippen LogP contribution in [0.2, 0.25) is 0 Å². The molecule has 212 valence electrons. The number of benzene rings is 2. The molecular weight excluding hydrogens is 585 g/mol. The van der Waals surface area contributed by atoms with E-state index in [0.29, 0.717) is 23.0 Å². The number of hydrogen-bond acceptors (Lipinski definition) is 13. The maximum atomic E-state index is 11.9. The van der Waals surface area contributed by atoms with E-state index < -0.39 is 12.2 Å². The molecule has 0 radical (unpaired) electrons. The molecule has 0 spiro atoms. The summed E-state index contributed by atoms with van der Waals surface area (Å²) in [6.07, 6.45) is -1.85. The third-order valence-corrected chi connectivity index (χ3v) is 11.1. The smallest absolute Gasteiger partial charge is 0.329 e. The van der Waals surface area contributed by atoms with Crippen LogP contribution in [-0.2, 0) is 19.1 Å². The maximum Gasteiger partial charge on any atom is 0.329 e. The molecule has 2 aromatic rings. The van der Waals surface area contributed by atoms with Crippen LogP contribution in [0.3, 0.4) is 0 Å². The molecule has 0 bridgehead atoms. The van der Waals surface area contributed by atoms with E-state index in [1.54, 1.807) is 95.6 Å². The number of hydrogen-bond donors (Lipinski definition) is 2. The molecule has 2 aliphatic heterocycles. The quantitative estimate of drug-likeness (QED) is 0.302. The van der Waals surface area contributed by atoms with E-state index in [1.807, 2.05) is 0 Å². The number of carbonyl (C=O) groups excluding carboxylic acids is 2. The van der Waals surface area contributed by atoms with E-state index in [9.17, 15) is 19.8 Å². The first-order chi connectivity index (χ1) is 19.0. The number of carbonyl (C=O) groups is 2. The van der Waals surface area contributed by atoms with Crippen molar-refractivity contribution in [3.05, 3.63) is 48.5 Å². The minimum absolute atomic E-state index is 0.00428. The van der Waals surface area contributed by atoms with Gasteiger partial charge in [-0.2, -0.15) is 0 Å². The number of aliphatic hydroxyl groups excluding tert-OH is 2. The summed E-state index contributed by atoms with van der Waals surface area (Å²) in [4.78, 5) is 23.8. The Kier molecular flexibility index (Phi) is 12.2. The molecule has 2 atom stereocenters. The molecule has 0 aliphatic carbocycles. The Morgan fingerprint density at radius 1 is 0.615 bits per heavy atom. The van der Waals surface area contributed by atoms with Crippen LogP contribution in [0.15, 0.2) is 48.5 Å². The summed E-state index contributed by atoms with van der Waals surface area (Å²) in [5, 5.41) is 20.1. The van der Waals surface area contributed by atoms with Gasteiger partial charge in [-0.1, -0.05) is 0 Å². The first-order valence-electron chi connectivity index (χ1n) is 12.3. The molecule has 39 heavy (non-hydrogen) atoms. The van der Waals surface area contributed by atoms with E-state index in [4.69, 9.17) is 23.7 Å². The highest BCUT2D eigenvalue weighted by molar-refractivity contribution is 8.21. The average molecular weight is 615 g/mol. The van der Waals surface area contributed by atoms with Gasteiger partial charge in [-0.05, 0) is 48.5 Å². The molecule has 0 amide bonds. The highest BCUT2D eigenvalue weighted by atomic mass is 32.2. The predicted molar refractivity (Wildman–Crippen MR) is 155 cm³/mol. The van der Waals surface area contributed by atoms with Crippen LogP contribution in [0.4, 0.5) is 0 Å². The minimum Gasteiger partial charge on any atom is -0.491 e. The molecule has 0 aromatic heterocycles. The zero-order valence-corrected chi connectivity index (χ0v) is 24.2. The molecule has 9 nitrogen and oxygen atoms in total. The molecule has 0 saturated carbocycles. The van der Waals surface area contributed by atoms with Crippen molar-refractivity contribution in [1.82, 2.24) is 0 Å². The minimum atomic E-state index is -0.923. The molecule has 2 aliphatic rings. The van der Waals surface area contributed by atoms with Crippen LogP contribution in [0.5, 0.6) is 23.0 Å². The van der Waals surface area contributed by atoms with Crippen molar-refractivity contribution in [1.29, 1.82) is 0 Å². The van der Waals surface area contributed by atoms with Gasteiger partial charge in [-0.3, -0.25) is 0 Å². The molecule has 2 aromatic carbocycles. The van der Waals surface area contributed by atoms with Crippen molar-refractivity contribution in [2.45, 2.75) is 21.4 Å². The van der Waals surface area contributed by atoms with Gasteiger partial charge < -0.3 is 33.9 Å². The molecule has 4 rings (SSSR count). The van der Waals surface area contributed by atoms with Gasteiger partial charge in [0.25, 0.3) is 0 Å². The van der Waals surface area contributed by atoms with Crippen molar-refractivity contribution in [2.24, 2.45) is 0 Å². The van der Waals surface area contributed by atoms with E-state index in [0.717, 1.165) is 23.0 Å². The Morgan fingerprint density at radius 2 is 0.949 bits per heavy atom. The first-order valence-corrected chi connectivity index (χ1v) is 16.4. The number of esters is 2. The van der Waals surface area contributed by atoms with Gasteiger partial charge in [-0.15, -0.1) is 47.0 Å². The fourth-order valence-corrected chi connectivity index (χ4v) is 8.44. The SMILES string of the molecule is O=C(OCC(O)COc1ccc(Oc2ccc(OCC(O)COC(=O)C3SCCS3)cc2)cc1)C1SCCS1. The van der Waals surface area contributed by atoms with Crippen molar-refractivity contribution in [2.75, 3.05) is 49.4 Å². The number of rotatable bonds is 14. The zero-order valence-electron chi connectivity index (χ0n) is 21.0. The largest absolute Gasteiger partial charge is 0.491 e. The average Bonchev–Trinajstić information content (AvgIpc) is 3.69. The summed E-state index contributed by atoms with van der Waals surface area (Å²) in [5.74, 6) is 5.38. The second-order valence-corrected chi connectivity index (χ2v) is 13.8. The molecule has 2 N–H and O–H groups in total. The third kappa shape index (κ3) is 10.2. The Bertz CT molecular complexity index is 959. The van der Waals surface area contributed by atoms with Crippen LogP contribution in [-0.4, -0.2) is 93.0 Å². The van der Waals surface area contributed by atoms with Gasteiger partial charge in [0.1, 0.15) is 70.8 Å². The standard InChI is InChI=1S/C26H30O9S4/c27-17(15-33-23(29)25-36-9-10-37-25)13-31-19-1-5-21(6-2-19)35-22-7-3-20(4-8-22)32-14-18(28)16-34-24(30)26-38-11-12-39-26/h1-8,17-18,25-28H,9-16H2. The van der Waals surface area contributed by atoms with Gasteiger partial charge in [0.05, 0.1) is 0 Å². The normalized spacial score (nSPS) is 17.4. The Balaban J connectivity index is 1.12. The summed E-state index contributed by atoms with van der Waals surface area (Å²) in [5.41, 5.74) is 0. The van der Waals surface area contributed by atoms with Crippen molar-refractivity contribution in [3.8, 4) is 23.0 Å². The molecule has 2 fully saturated rings. The Labute approximate surface area is 244 Å². The van der Waals surface area contributed by atoms with E-state index >= 15 is 0 Å². The maximum absolute atomic E-state index is 11.9. The topological polar surface area (TPSA) is 121 Å². The van der Waals surface area contributed by atoms with Gasteiger partial charge in [-0.25, -0.2) is 9.59 Å². The Morgan fingerprint density at radius 3 is 1.31 bits per heavy atom. The molecule has 13 heteroatoms. The molecule has 2 saturated heterocycles. The summed E-state index contributed by atoms with van der Waals surface area (Å²) in [7, 11) is 0. The van der Waals surface area contributed by atoms with E-state index in [2.05, 4.69) is 0 Å². The second kappa shape index (κ2) is 15.8. The van der Waals surface area contributed by atoms with Crippen molar-refractivity contribution >= 4 is 59.0 Å². The van der Waals surface area contributed by atoms with E-state index in [1.165, 1.54) is 0 Å². The van der Waals surface area contributed by atoms with Gasteiger partial charge in [0.15, 0.2) is 0 Å². The van der Waals surface area contributed by atoms with Crippen molar-refractivity contribution < 1.29 is 43.5 Å². The molecule has 2 heterocycles. The van der Waals surface area contributed by atoms with Crippen molar-refractivity contribution in [3.63, 3.8) is 0 Å². The Hall–Kier alpha value is -1.90. The highest BCUT2D eigenvalue weighted by Crippen LogP contribution is 2.33. The lowest BCUT2D eigenvalue weighted by Crippen LogP contribution is -2.27. The van der Waals surface area contributed by atoms with Crippen LogP contribution in [0.1, 0.15) is 0 Å². The number of ether oxygens (including phenoxy) is 5. The monoisotopic (exact) mass is 614 g/mol. The second-order valence-electron chi connectivity index (χ2n) is 8.38. The highest BCUT2D eigenvalue weighted by Gasteiger charge is 2.27. The number of aliphatic hydroxyl groups is 2. The fraction of sp³-hybridized carbons (Fsp3) is 0.462. The van der Waals surface area contributed by atoms with Crippen LogP contribution in [0.25, 0.3) is 0 Å². The third-order valence-electron chi connectivity index (χ3n) is 5.23. The van der Waals surface area contributed by atoms with Crippen LogP contribution >= 0.6 is 47.0 Å². The lowest BCUT2D eigenvalue weighted by molar-refractivity contribution is -0.145. The lowest BCUT2D eigenvalue weighted by Gasteiger charge is -2.15. The summed E-state index contributed by atoms with van der Waals surface area (Å²) in [6, 6.07) is 13.8. The number of thioether (sulfide) groups is 4. The predicted octanol–water partition coefficient (Wildman–Crippen LogP) is 3.66. The summed E-state index contributed by atoms with van der Waals surface area (Å²) in [6.45, 7) is -0.225. The zero-order chi connectivity index (χ0) is 27.5. The van der Waals surface area contributed by atoms with Crippen LogP contribution < -0.4 is 14.2 Å². The van der Waals surface area contributed by atoms with Gasteiger partial charge in [0.2, 0.25) is 0 Å².